The van der Waals surface area contributed by atoms with Crippen molar-refractivity contribution in [3.63, 3.8) is 0 Å². The number of carbonyl (C=O) groups is 2. The van der Waals surface area contributed by atoms with Gasteiger partial charge in [-0.15, -0.1) is 0 Å². The molecule has 29 heavy (non-hydrogen) atoms. The van der Waals surface area contributed by atoms with Crippen molar-refractivity contribution in [3.05, 3.63) is 95.6 Å². The van der Waals surface area contributed by atoms with Crippen molar-refractivity contribution in [1.82, 2.24) is 0 Å². The van der Waals surface area contributed by atoms with Gasteiger partial charge >= 0.3 is 5.97 Å². The SMILES string of the molecule is Cc1ccc(NC(=O)[C@@H](C)OC(=O)c2ccccc2OCc2ccccc2)cc1. The molecule has 3 rings (SSSR count). The molecule has 1 amide bonds. The fourth-order valence-corrected chi connectivity index (χ4v) is 2.65. The summed E-state index contributed by atoms with van der Waals surface area (Å²) >= 11 is 0. The normalized spacial score (nSPS) is 11.4. The lowest BCUT2D eigenvalue weighted by Crippen LogP contribution is -2.30. The van der Waals surface area contributed by atoms with E-state index in [1.54, 1.807) is 36.4 Å². The van der Waals surface area contributed by atoms with Gasteiger partial charge in [-0.3, -0.25) is 4.79 Å². The lowest BCUT2D eigenvalue weighted by atomic mass is 10.2. The third-order valence-electron chi connectivity index (χ3n) is 4.32. The minimum atomic E-state index is -0.953. The van der Waals surface area contributed by atoms with E-state index in [2.05, 4.69) is 5.32 Å². The predicted octanol–water partition coefficient (Wildman–Crippen LogP) is 4.76. The Labute approximate surface area is 170 Å². The largest absolute Gasteiger partial charge is 0.488 e. The van der Waals surface area contributed by atoms with Crippen LogP contribution in [0.3, 0.4) is 0 Å². The zero-order valence-electron chi connectivity index (χ0n) is 16.4. The maximum atomic E-state index is 12.6. The molecule has 5 nitrogen and oxygen atoms in total. The van der Waals surface area contributed by atoms with Gasteiger partial charge in [0, 0.05) is 5.69 Å². The molecular formula is C24H23NO4. The van der Waals surface area contributed by atoms with Crippen molar-refractivity contribution in [2.75, 3.05) is 5.32 Å². The molecule has 0 radical (unpaired) electrons. The van der Waals surface area contributed by atoms with Crippen molar-refractivity contribution >= 4 is 17.6 Å². The first-order valence-electron chi connectivity index (χ1n) is 9.37. The van der Waals surface area contributed by atoms with E-state index in [4.69, 9.17) is 9.47 Å². The second-order valence-corrected chi connectivity index (χ2v) is 6.67. The van der Waals surface area contributed by atoms with E-state index >= 15 is 0 Å². The molecule has 0 aliphatic carbocycles. The molecule has 0 aliphatic heterocycles. The first-order chi connectivity index (χ1) is 14.0. The summed E-state index contributed by atoms with van der Waals surface area (Å²) in [6.07, 6.45) is -0.953. The second-order valence-electron chi connectivity index (χ2n) is 6.67. The minimum absolute atomic E-state index is 0.276. The maximum Gasteiger partial charge on any atom is 0.342 e. The van der Waals surface area contributed by atoms with Gasteiger partial charge in [-0.25, -0.2) is 4.79 Å². The van der Waals surface area contributed by atoms with E-state index < -0.39 is 18.0 Å². The number of hydrogen-bond acceptors (Lipinski definition) is 4. The summed E-state index contributed by atoms with van der Waals surface area (Å²) in [6.45, 7) is 3.83. The van der Waals surface area contributed by atoms with E-state index in [1.807, 2.05) is 49.4 Å². The highest BCUT2D eigenvalue weighted by atomic mass is 16.5. The fourth-order valence-electron chi connectivity index (χ4n) is 2.65. The Morgan fingerprint density at radius 3 is 2.28 bits per heavy atom. The lowest BCUT2D eigenvalue weighted by Gasteiger charge is -2.15. The van der Waals surface area contributed by atoms with Gasteiger partial charge in [0.25, 0.3) is 5.91 Å². The highest BCUT2D eigenvalue weighted by Gasteiger charge is 2.21. The maximum absolute atomic E-state index is 12.6. The van der Waals surface area contributed by atoms with Crippen LogP contribution in [0.15, 0.2) is 78.9 Å². The fraction of sp³-hybridized carbons (Fsp3) is 0.167. The van der Waals surface area contributed by atoms with Gasteiger partial charge < -0.3 is 14.8 Å². The number of benzene rings is 3. The number of carbonyl (C=O) groups excluding carboxylic acids is 2. The summed E-state index contributed by atoms with van der Waals surface area (Å²) in [5.41, 5.74) is 3.00. The van der Waals surface area contributed by atoms with Crippen LogP contribution >= 0.6 is 0 Å². The van der Waals surface area contributed by atoms with Crippen molar-refractivity contribution in [1.29, 1.82) is 0 Å². The summed E-state index contributed by atoms with van der Waals surface area (Å²) in [7, 11) is 0. The first kappa shape index (κ1) is 20.1. The van der Waals surface area contributed by atoms with Crippen LogP contribution in [-0.4, -0.2) is 18.0 Å². The molecule has 5 heteroatoms. The Bertz CT molecular complexity index is 968. The van der Waals surface area contributed by atoms with Crippen molar-refractivity contribution in [2.45, 2.75) is 26.6 Å². The van der Waals surface area contributed by atoms with E-state index in [-0.39, 0.29) is 5.56 Å². The number of para-hydroxylation sites is 1. The molecule has 0 heterocycles. The third-order valence-corrected chi connectivity index (χ3v) is 4.32. The lowest BCUT2D eigenvalue weighted by molar-refractivity contribution is -0.123. The zero-order valence-corrected chi connectivity index (χ0v) is 16.4. The van der Waals surface area contributed by atoms with Crippen molar-refractivity contribution < 1.29 is 19.1 Å². The topological polar surface area (TPSA) is 64.6 Å². The smallest absolute Gasteiger partial charge is 0.342 e. The van der Waals surface area contributed by atoms with Crippen LogP contribution in [0, 0.1) is 6.92 Å². The monoisotopic (exact) mass is 389 g/mol. The number of nitrogens with one attached hydrogen (secondary N) is 1. The van der Waals surface area contributed by atoms with Crippen LogP contribution in [0.25, 0.3) is 0 Å². The van der Waals surface area contributed by atoms with Gasteiger partial charge in [0.15, 0.2) is 6.10 Å². The Balaban J connectivity index is 1.62. The van der Waals surface area contributed by atoms with Crippen LogP contribution in [0.2, 0.25) is 0 Å². The first-order valence-corrected chi connectivity index (χ1v) is 9.37. The molecule has 1 N–H and O–H groups in total. The van der Waals surface area contributed by atoms with E-state index in [0.29, 0.717) is 18.0 Å². The van der Waals surface area contributed by atoms with Crippen LogP contribution < -0.4 is 10.1 Å². The summed E-state index contributed by atoms with van der Waals surface area (Å²) in [6, 6.07) is 23.9. The molecule has 0 unspecified atom stereocenters. The molecular weight excluding hydrogens is 366 g/mol. The van der Waals surface area contributed by atoms with Crippen molar-refractivity contribution in [3.8, 4) is 5.75 Å². The molecule has 1 atom stereocenters. The van der Waals surface area contributed by atoms with E-state index in [0.717, 1.165) is 11.1 Å². The van der Waals surface area contributed by atoms with Gasteiger partial charge in [0.05, 0.1) is 0 Å². The molecule has 0 saturated heterocycles. The van der Waals surface area contributed by atoms with Gasteiger partial charge in [0.2, 0.25) is 0 Å². The number of amides is 1. The van der Waals surface area contributed by atoms with E-state index in [9.17, 15) is 9.59 Å². The Morgan fingerprint density at radius 2 is 1.55 bits per heavy atom. The number of hydrogen-bond donors (Lipinski definition) is 1. The number of esters is 1. The Kier molecular flexibility index (Phi) is 6.63. The van der Waals surface area contributed by atoms with Crippen molar-refractivity contribution in [2.24, 2.45) is 0 Å². The van der Waals surface area contributed by atoms with E-state index in [1.165, 1.54) is 6.92 Å². The van der Waals surface area contributed by atoms with Crippen LogP contribution in [0.1, 0.15) is 28.4 Å². The zero-order chi connectivity index (χ0) is 20.6. The average molecular weight is 389 g/mol. The predicted molar refractivity (Wildman–Crippen MR) is 112 cm³/mol. The van der Waals surface area contributed by atoms with Gasteiger partial charge in [0.1, 0.15) is 17.9 Å². The number of anilines is 1. The standard InChI is InChI=1S/C24H23NO4/c1-17-12-14-20(15-13-17)25-23(26)18(2)29-24(27)21-10-6-7-11-22(21)28-16-19-8-4-3-5-9-19/h3-15,18H,16H2,1-2H3,(H,25,26)/t18-/m1/s1. The van der Waals surface area contributed by atoms with Gasteiger partial charge in [-0.05, 0) is 43.7 Å². The molecule has 3 aromatic carbocycles. The quantitative estimate of drug-likeness (QED) is 0.592. The van der Waals surface area contributed by atoms with Crippen LogP contribution in [0.4, 0.5) is 5.69 Å². The summed E-state index contributed by atoms with van der Waals surface area (Å²) in [4.78, 5) is 24.9. The molecule has 0 spiro atoms. The number of ether oxygens (including phenoxy) is 2. The Hall–Kier alpha value is -3.60. The summed E-state index contributed by atoms with van der Waals surface area (Å²) < 4.78 is 11.1. The third kappa shape index (κ3) is 5.69. The minimum Gasteiger partial charge on any atom is -0.488 e. The second kappa shape index (κ2) is 9.55. The number of aryl methyl sites for hydroxylation is 1. The van der Waals surface area contributed by atoms with Crippen LogP contribution in [0.5, 0.6) is 5.75 Å². The van der Waals surface area contributed by atoms with Gasteiger partial charge in [-0.2, -0.15) is 0 Å². The Morgan fingerprint density at radius 1 is 0.897 bits per heavy atom. The number of rotatable bonds is 7. The van der Waals surface area contributed by atoms with Gasteiger partial charge in [-0.1, -0.05) is 60.2 Å². The summed E-state index contributed by atoms with van der Waals surface area (Å²) in [5, 5.41) is 2.74. The molecule has 148 valence electrons. The molecule has 3 aromatic rings. The molecule has 0 fully saturated rings. The average Bonchev–Trinajstić information content (AvgIpc) is 2.74. The molecule has 0 saturated carbocycles. The molecule has 0 aromatic heterocycles. The van der Waals surface area contributed by atoms with Crippen LogP contribution in [-0.2, 0) is 16.1 Å². The summed E-state index contributed by atoms with van der Waals surface area (Å²) in [5.74, 6) is -0.599. The highest BCUT2D eigenvalue weighted by Crippen LogP contribution is 2.21. The molecule has 0 aliphatic rings. The molecule has 0 bridgehead atoms. The highest BCUT2D eigenvalue weighted by molar-refractivity contribution is 5.98.